The van der Waals surface area contributed by atoms with Gasteiger partial charge < -0.3 is 0 Å². The van der Waals surface area contributed by atoms with E-state index in [1.165, 1.54) is 11.1 Å². The minimum absolute atomic E-state index is 0.220. The molecule has 0 aliphatic heterocycles. The molecule has 0 nitrogen and oxygen atoms in total. The molecule has 0 bridgehead atoms. The van der Waals surface area contributed by atoms with Gasteiger partial charge in [-0.2, -0.15) is 0 Å². The molecular formula is C15H14Br2. The van der Waals surface area contributed by atoms with Crippen molar-refractivity contribution in [3.8, 4) is 0 Å². The summed E-state index contributed by atoms with van der Waals surface area (Å²) in [6.07, 6.45) is 0. The van der Waals surface area contributed by atoms with E-state index in [1.807, 2.05) is 12.1 Å². The van der Waals surface area contributed by atoms with Gasteiger partial charge >= 0.3 is 0 Å². The number of rotatable bonds is 3. The molecule has 2 aromatic rings. The number of halogens is 2. The molecule has 1 atom stereocenters. The topological polar surface area (TPSA) is 0 Å². The molecule has 0 amide bonds. The molecular weight excluding hydrogens is 340 g/mol. The van der Waals surface area contributed by atoms with E-state index in [9.17, 15) is 0 Å². The van der Waals surface area contributed by atoms with Crippen LogP contribution in [0.4, 0.5) is 0 Å². The van der Waals surface area contributed by atoms with E-state index in [-0.39, 0.29) is 3.23 Å². The summed E-state index contributed by atoms with van der Waals surface area (Å²) in [5.74, 6) is 0.339. The van der Waals surface area contributed by atoms with Gasteiger partial charge in [-0.15, -0.1) is 0 Å². The fourth-order valence-electron chi connectivity index (χ4n) is 1.86. The molecule has 0 radical (unpaired) electrons. The zero-order valence-corrected chi connectivity index (χ0v) is 12.8. The summed E-state index contributed by atoms with van der Waals surface area (Å²) in [5, 5.41) is 0. The lowest BCUT2D eigenvalue weighted by Crippen LogP contribution is -2.17. The molecule has 2 heteroatoms. The average Bonchev–Trinajstić information content (AvgIpc) is 2.40. The molecule has 88 valence electrons. The third kappa shape index (κ3) is 2.80. The second-order valence-electron chi connectivity index (χ2n) is 4.12. The van der Waals surface area contributed by atoms with Crippen LogP contribution in [0.1, 0.15) is 24.0 Å². The Labute approximate surface area is 119 Å². The second-order valence-corrected chi connectivity index (χ2v) is 7.69. The van der Waals surface area contributed by atoms with Gasteiger partial charge in [0.2, 0.25) is 0 Å². The van der Waals surface area contributed by atoms with E-state index in [0.29, 0.717) is 5.92 Å². The molecule has 0 aromatic heterocycles. The van der Waals surface area contributed by atoms with Gasteiger partial charge in [0.1, 0.15) is 3.23 Å². The van der Waals surface area contributed by atoms with Crippen molar-refractivity contribution in [1.29, 1.82) is 0 Å². The van der Waals surface area contributed by atoms with E-state index in [0.717, 1.165) is 0 Å². The summed E-state index contributed by atoms with van der Waals surface area (Å²) in [7, 11) is 0. The molecule has 2 rings (SSSR count). The Balaban J connectivity index is 2.33. The van der Waals surface area contributed by atoms with Gasteiger partial charge in [0.05, 0.1) is 0 Å². The summed E-state index contributed by atoms with van der Waals surface area (Å²) >= 11 is 7.62. The zero-order valence-electron chi connectivity index (χ0n) is 9.61. The third-order valence-corrected chi connectivity index (χ3v) is 5.29. The van der Waals surface area contributed by atoms with E-state index in [1.54, 1.807) is 0 Å². The van der Waals surface area contributed by atoms with Gasteiger partial charge in [0.15, 0.2) is 0 Å². The molecule has 2 aromatic carbocycles. The minimum Gasteiger partial charge on any atom is -0.0668 e. The fraction of sp³-hybridized carbons (Fsp3) is 0.200. The maximum Gasteiger partial charge on any atom is 0.112 e. The van der Waals surface area contributed by atoms with Crippen LogP contribution >= 0.6 is 31.9 Å². The SMILES string of the molecule is C[C@H](c1ccccc1)C(Br)(Br)c1ccccc1. The van der Waals surface area contributed by atoms with Crippen LogP contribution in [-0.4, -0.2) is 0 Å². The smallest absolute Gasteiger partial charge is 0.0668 e. The Morgan fingerprint density at radius 1 is 0.824 bits per heavy atom. The van der Waals surface area contributed by atoms with Crippen LogP contribution in [0.3, 0.4) is 0 Å². The van der Waals surface area contributed by atoms with Gasteiger partial charge in [-0.25, -0.2) is 0 Å². The molecule has 0 saturated carbocycles. The van der Waals surface area contributed by atoms with Crippen molar-refractivity contribution < 1.29 is 0 Å². The molecule has 0 aliphatic carbocycles. The van der Waals surface area contributed by atoms with Crippen molar-refractivity contribution in [3.63, 3.8) is 0 Å². The molecule has 17 heavy (non-hydrogen) atoms. The van der Waals surface area contributed by atoms with Crippen LogP contribution in [0.15, 0.2) is 60.7 Å². The number of hydrogen-bond acceptors (Lipinski definition) is 0. The predicted molar refractivity (Wildman–Crippen MR) is 80.8 cm³/mol. The maximum absolute atomic E-state index is 3.81. The van der Waals surface area contributed by atoms with Gasteiger partial charge in [-0.3, -0.25) is 0 Å². The molecule has 0 spiro atoms. The standard InChI is InChI=1S/C15H14Br2/c1-12(13-8-4-2-5-9-13)15(16,17)14-10-6-3-7-11-14/h2-12H,1H3/t12-/m1/s1. The van der Waals surface area contributed by atoms with E-state index in [4.69, 9.17) is 0 Å². The second kappa shape index (κ2) is 5.36. The summed E-state index contributed by atoms with van der Waals surface area (Å²) in [5.41, 5.74) is 2.54. The lowest BCUT2D eigenvalue weighted by atomic mass is 9.93. The quantitative estimate of drug-likeness (QED) is 0.645. The fourth-order valence-corrected chi connectivity index (χ4v) is 2.92. The van der Waals surface area contributed by atoms with Crippen molar-refractivity contribution in [2.45, 2.75) is 16.1 Å². The lowest BCUT2D eigenvalue weighted by Gasteiger charge is -2.28. The first-order chi connectivity index (χ1) is 8.12. The Kier molecular flexibility index (Phi) is 4.05. The highest BCUT2D eigenvalue weighted by Gasteiger charge is 2.33. The van der Waals surface area contributed by atoms with Crippen LogP contribution in [-0.2, 0) is 3.23 Å². The largest absolute Gasteiger partial charge is 0.112 e. The van der Waals surface area contributed by atoms with Crippen molar-refractivity contribution in [2.75, 3.05) is 0 Å². The Morgan fingerprint density at radius 3 is 1.82 bits per heavy atom. The molecule has 0 heterocycles. The summed E-state index contributed by atoms with van der Waals surface area (Å²) < 4.78 is -0.220. The summed E-state index contributed by atoms with van der Waals surface area (Å²) in [4.78, 5) is 0. The first-order valence-corrected chi connectivity index (χ1v) is 7.19. The van der Waals surface area contributed by atoms with Crippen LogP contribution in [0.25, 0.3) is 0 Å². The van der Waals surface area contributed by atoms with Crippen LogP contribution in [0, 0.1) is 0 Å². The number of hydrogen-bond donors (Lipinski definition) is 0. The first kappa shape index (κ1) is 12.8. The summed E-state index contributed by atoms with van der Waals surface area (Å²) in [6, 6.07) is 20.9. The summed E-state index contributed by atoms with van der Waals surface area (Å²) in [6.45, 7) is 2.21. The highest BCUT2D eigenvalue weighted by Crippen LogP contribution is 2.49. The Morgan fingerprint density at radius 2 is 1.29 bits per heavy atom. The monoisotopic (exact) mass is 352 g/mol. The van der Waals surface area contributed by atoms with Crippen LogP contribution < -0.4 is 0 Å². The number of alkyl halides is 2. The van der Waals surface area contributed by atoms with E-state index in [2.05, 4.69) is 87.3 Å². The first-order valence-electron chi connectivity index (χ1n) is 5.60. The lowest BCUT2D eigenvalue weighted by molar-refractivity contribution is 0.716. The van der Waals surface area contributed by atoms with Crippen LogP contribution in [0.2, 0.25) is 0 Å². The Bertz CT molecular complexity index is 463. The van der Waals surface area contributed by atoms with Gasteiger partial charge in [0, 0.05) is 5.92 Å². The Hall–Kier alpha value is -0.600. The van der Waals surface area contributed by atoms with E-state index < -0.39 is 0 Å². The molecule has 0 saturated heterocycles. The average molecular weight is 354 g/mol. The van der Waals surface area contributed by atoms with Gasteiger partial charge in [-0.05, 0) is 11.1 Å². The van der Waals surface area contributed by atoms with Crippen molar-refractivity contribution in [2.24, 2.45) is 0 Å². The highest BCUT2D eigenvalue weighted by atomic mass is 79.9. The maximum atomic E-state index is 3.81. The molecule has 0 unspecified atom stereocenters. The molecule has 0 N–H and O–H groups in total. The van der Waals surface area contributed by atoms with Gasteiger partial charge in [-0.1, -0.05) is 99.4 Å². The third-order valence-electron chi connectivity index (χ3n) is 3.00. The number of benzene rings is 2. The van der Waals surface area contributed by atoms with Crippen molar-refractivity contribution in [3.05, 3.63) is 71.8 Å². The normalized spacial score (nSPS) is 13.4. The van der Waals surface area contributed by atoms with Crippen LogP contribution in [0.5, 0.6) is 0 Å². The highest BCUT2D eigenvalue weighted by molar-refractivity contribution is 9.24. The van der Waals surface area contributed by atoms with Gasteiger partial charge in [0.25, 0.3) is 0 Å². The predicted octanol–water partition coefficient (Wildman–Crippen LogP) is 5.43. The zero-order chi connectivity index (χ0) is 12.3. The van der Waals surface area contributed by atoms with Crippen molar-refractivity contribution >= 4 is 31.9 Å². The molecule has 0 aliphatic rings. The minimum atomic E-state index is -0.220. The van der Waals surface area contributed by atoms with Crippen molar-refractivity contribution in [1.82, 2.24) is 0 Å². The molecule has 0 fully saturated rings. The van der Waals surface area contributed by atoms with E-state index >= 15 is 0 Å².